The fraction of sp³-hybridized carbons (Fsp3) is 0.391. The van der Waals surface area contributed by atoms with Crippen molar-refractivity contribution in [2.45, 2.75) is 40.0 Å². The molecule has 0 aromatic heterocycles. The molecular weight excluding hydrogens is 352 g/mol. The Balaban J connectivity index is 2.49. The SMILES string of the molecule is CC(C)(C)C(O[SiH](c1ccccc1)c1ccccc1)=C(CCO)CCCO. The second-order valence-corrected chi connectivity index (χ2v) is 10.1. The lowest BCUT2D eigenvalue weighted by molar-refractivity contribution is 0.261. The normalized spacial score (nSPS) is 12.8. The van der Waals surface area contributed by atoms with Gasteiger partial charge in [-0.15, -0.1) is 0 Å². The van der Waals surface area contributed by atoms with Crippen LogP contribution in [0.2, 0.25) is 0 Å². The average Bonchev–Trinajstić information content (AvgIpc) is 2.67. The fourth-order valence-electron chi connectivity index (χ4n) is 3.27. The summed E-state index contributed by atoms with van der Waals surface area (Å²) in [6.07, 6.45) is 2.01. The summed E-state index contributed by atoms with van der Waals surface area (Å²) < 4.78 is 6.82. The molecule has 0 fully saturated rings. The summed E-state index contributed by atoms with van der Waals surface area (Å²) in [4.78, 5) is 0. The lowest BCUT2D eigenvalue weighted by atomic mass is 9.88. The quantitative estimate of drug-likeness (QED) is 0.516. The first-order chi connectivity index (χ1) is 13.0. The smallest absolute Gasteiger partial charge is 0.298 e. The maximum Gasteiger partial charge on any atom is 0.298 e. The van der Waals surface area contributed by atoms with Gasteiger partial charge in [-0.25, -0.2) is 0 Å². The van der Waals surface area contributed by atoms with E-state index in [4.69, 9.17) is 4.43 Å². The van der Waals surface area contributed by atoms with E-state index >= 15 is 0 Å². The molecular formula is C23H32O3Si. The van der Waals surface area contributed by atoms with E-state index in [-0.39, 0.29) is 18.6 Å². The number of aliphatic hydroxyl groups is 2. The van der Waals surface area contributed by atoms with Crippen LogP contribution in [-0.2, 0) is 4.43 Å². The third-order valence-electron chi connectivity index (χ3n) is 4.49. The van der Waals surface area contributed by atoms with Crippen molar-refractivity contribution < 1.29 is 14.6 Å². The average molecular weight is 385 g/mol. The second kappa shape index (κ2) is 10.5. The zero-order valence-electron chi connectivity index (χ0n) is 16.7. The van der Waals surface area contributed by atoms with Crippen molar-refractivity contribution in [3.05, 3.63) is 72.0 Å². The highest BCUT2D eigenvalue weighted by atomic mass is 28.3. The van der Waals surface area contributed by atoms with Crippen molar-refractivity contribution in [3.8, 4) is 0 Å². The second-order valence-electron chi connectivity index (χ2n) is 7.80. The molecule has 0 aliphatic carbocycles. The van der Waals surface area contributed by atoms with Gasteiger partial charge in [-0.05, 0) is 35.2 Å². The van der Waals surface area contributed by atoms with E-state index in [1.807, 2.05) is 12.1 Å². The van der Waals surface area contributed by atoms with Crippen LogP contribution >= 0.6 is 0 Å². The minimum atomic E-state index is -1.93. The zero-order valence-corrected chi connectivity index (χ0v) is 17.8. The van der Waals surface area contributed by atoms with Crippen molar-refractivity contribution in [2.24, 2.45) is 5.41 Å². The van der Waals surface area contributed by atoms with Crippen molar-refractivity contribution in [2.75, 3.05) is 13.2 Å². The molecule has 2 aromatic carbocycles. The van der Waals surface area contributed by atoms with Crippen LogP contribution in [0.25, 0.3) is 0 Å². The van der Waals surface area contributed by atoms with E-state index in [1.54, 1.807) is 0 Å². The minimum absolute atomic E-state index is 0.0899. The van der Waals surface area contributed by atoms with Gasteiger partial charge < -0.3 is 14.6 Å². The summed E-state index contributed by atoms with van der Waals surface area (Å²) in [5.41, 5.74) is 0.942. The fourth-order valence-corrected chi connectivity index (χ4v) is 5.83. The van der Waals surface area contributed by atoms with Crippen molar-refractivity contribution in [1.29, 1.82) is 0 Å². The van der Waals surface area contributed by atoms with Gasteiger partial charge >= 0.3 is 0 Å². The summed E-state index contributed by atoms with van der Waals surface area (Å²) in [5, 5.41) is 21.3. The molecule has 0 bridgehead atoms. The van der Waals surface area contributed by atoms with E-state index in [0.29, 0.717) is 12.8 Å². The molecule has 0 spiro atoms. The highest BCUT2D eigenvalue weighted by molar-refractivity contribution is 6.80. The van der Waals surface area contributed by atoms with Gasteiger partial charge in [-0.3, -0.25) is 0 Å². The molecule has 2 rings (SSSR count). The van der Waals surface area contributed by atoms with Crippen molar-refractivity contribution in [1.82, 2.24) is 0 Å². The van der Waals surface area contributed by atoms with Gasteiger partial charge in [0, 0.05) is 18.6 Å². The first-order valence-electron chi connectivity index (χ1n) is 9.68. The van der Waals surface area contributed by atoms with Gasteiger partial charge in [0.15, 0.2) is 0 Å². The summed E-state index contributed by atoms with van der Waals surface area (Å²) in [6.45, 7) is 6.69. The molecule has 27 heavy (non-hydrogen) atoms. The summed E-state index contributed by atoms with van der Waals surface area (Å²) >= 11 is 0. The van der Waals surface area contributed by atoms with Gasteiger partial charge in [0.25, 0.3) is 9.04 Å². The molecule has 0 unspecified atom stereocenters. The van der Waals surface area contributed by atoms with Crippen LogP contribution in [0.1, 0.15) is 40.0 Å². The van der Waals surface area contributed by atoms with Gasteiger partial charge in [-0.1, -0.05) is 81.4 Å². The van der Waals surface area contributed by atoms with E-state index in [0.717, 1.165) is 17.8 Å². The van der Waals surface area contributed by atoms with Gasteiger partial charge in [-0.2, -0.15) is 0 Å². The highest BCUT2D eigenvalue weighted by Crippen LogP contribution is 2.32. The highest BCUT2D eigenvalue weighted by Gasteiger charge is 2.28. The minimum Gasteiger partial charge on any atom is -0.540 e. The largest absolute Gasteiger partial charge is 0.540 e. The number of allylic oxidation sites excluding steroid dienone is 1. The molecule has 2 N–H and O–H groups in total. The maximum absolute atomic E-state index is 9.58. The van der Waals surface area contributed by atoms with Crippen LogP contribution in [0, 0.1) is 5.41 Å². The molecule has 0 saturated carbocycles. The van der Waals surface area contributed by atoms with Crippen LogP contribution in [-0.4, -0.2) is 32.5 Å². The molecule has 4 heteroatoms. The topological polar surface area (TPSA) is 49.7 Å². The van der Waals surface area contributed by atoms with Crippen molar-refractivity contribution in [3.63, 3.8) is 0 Å². The molecule has 0 aliphatic heterocycles. The molecule has 0 saturated heterocycles. The molecule has 0 radical (unpaired) electrons. The zero-order chi connectivity index (χ0) is 19.7. The molecule has 3 nitrogen and oxygen atoms in total. The first-order valence-corrected chi connectivity index (χ1v) is 11.3. The third kappa shape index (κ3) is 6.35. The number of rotatable bonds is 9. The van der Waals surface area contributed by atoms with E-state index in [9.17, 15) is 10.2 Å². The predicted octanol–water partition coefficient (Wildman–Crippen LogP) is 3.00. The van der Waals surface area contributed by atoms with Gasteiger partial charge in [0.2, 0.25) is 0 Å². The summed E-state index contributed by atoms with van der Waals surface area (Å²) in [7, 11) is -1.93. The first kappa shape index (κ1) is 21.4. The Morgan fingerprint density at radius 2 is 1.33 bits per heavy atom. The van der Waals surface area contributed by atoms with E-state index < -0.39 is 9.04 Å². The Bertz CT molecular complexity index is 666. The lowest BCUT2D eigenvalue weighted by Crippen LogP contribution is -2.46. The maximum atomic E-state index is 9.58. The van der Waals surface area contributed by atoms with Gasteiger partial charge in [0.1, 0.15) is 0 Å². The van der Waals surface area contributed by atoms with Crippen molar-refractivity contribution >= 4 is 19.4 Å². The third-order valence-corrected chi connectivity index (χ3v) is 6.95. The molecule has 0 aliphatic rings. The molecule has 0 amide bonds. The Kier molecular flexibility index (Phi) is 8.29. The molecule has 146 valence electrons. The molecule has 2 aromatic rings. The number of aliphatic hydroxyl groups excluding tert-OH is 2. The Hall–Kier alpha value is -1.88. The lowest BCUT2D eigenvalue weighted by Gasteiger charge is -2.31. The van der Waals surface area contributed by atoms with Crippen LogP contribution in [0.5, 0.6) is 0 Å². The molecule has 0 atom stereocenters. The monoisotopic (exact) mass is 384 g/mol. The standard InChI is InChI=1S/C23H32O3Si/c1-23(2,3)22(19(16-18-25)11-10-17-24)26-27(20-12-6-4-7-13-20)21-14-8-5-9-15-21/h4-9,12-15,24-25,27H,10-11,16-18H2,1-3H3. The number of benzene rings is 2. The van der Waals surface area contributed by atoms with E-state index in [2.05, 4.69) is 69.3 Å². The number of hydrogen-bond donors (Lipinski definition) is 2. The van der Waals surface area contributed by atoms with E-state index in [1.165, 1.54) is 10.4 Å². The summed E-state index contributed by atoms with van der Waals surface area (Å²) in [5.74, 6) is 0.967. The molecule has 0 heterocycles. The van der Waals surface area contributed by atoms with Gasteiger partial charge in [0.05, 0.1) is 5.76 Å². The predicted molar refractivity (Wildman–Crippen MR) is 115 cm³/mol. The Morgan fingerprint density at radius 1 is 0.815 bits per heavy atom. The van der Waals surface area contributed by atoms with Crippen LogP contribution in [0.3, 0.4) is 0 Å². The number of hydrogen-bond acceptors (Lipinski definition) is 3. The van der Waals surface area contributed by atoms with Crippen LogP contribution < -0.4 is 10.4 Å². The Labute approximate surface area is 165 Å². The summed E-state index contributed by atoms with van der Waals surface area (Å²) in [6, 6.07) is 20.9. The van der Waals surface area contributed by atoms with Crippen LogP contribution in [0.15, 0.2) is 72.0 Å². The Morgan fingerprint density at radius 3 is 1.74 bits per heavy atom. The van der Waals surface area contributed by atoms with Crippen LogP contribution in [0.4, 0.5) is 0 Å².